The largest absolute Gasteiger partial charge is 0.238 e. The highest BCUT2D eigenvalue weighted by atomic mass is 14.9. The van der Waals surface area contributed by atoms with Crippen molar-refractivity contribution in [1.82, 2.24) is 9.97 Å². The number of hydrogen-bond acceptors (Lipinski definition) is 2. The van der Waals surface area contributed by atoms with E-state index in [1.807, 2.05) is 0 Å². The van der Waals surface area contributed by atoms with E-state index >= 15 is 0 Å². The standard InChI is InChI=1S/C50H95N2/c1-4-7-9-11-13-15-17-19-21-23-25-27-29-31-33-35-37-39-41-43-45-48-47-49(52-50(6-3)51-48)46-44-42-40-38-36-34-32-30-28-26-24-22-20-18-16-14-12-10-8-5-2/h6,47H,4-5,7-46H2,1-3H3. The number of aryl methyl sites for hydroxylation is 2. The van der Waals surface area contributed by atoms with E-state index in [0.29, 0.717) is 0 Å². The van der Waals surface area contributed by atoms with E-state index in [1.165, 1.54) is 268 Å². The molecule has 0 bridgehead atoms. The summed E-state index contributed by atoms with van der Waals surface area (Å²) in [6.45, 7) is 6.70. The minimum absolute atomic E-state index is 0.939. The smallest absolute Gasteiger partial charge is 0.132 e. The Bertz CT molecular complexity index is 756. The van der Waals surface area contributed by atoms with Gasteiger partial charge in [0.15, 0.2) is 0 Å². The van der Waals surface area contributed by atoms with Crippen molar-refractivity contribution in [3.63, 3.8) is 0 Å². The van der Waals surface area contributed by atoms with Crippen molar-refractivity contribution in [1.29, 1.82) is 0 Å². The van der Waals surface area contributed by atoms with Crippen LogP contribution in [-0.4, -0.2) is 9.97 Å². The molecule has 2 nitrogen and oxygen atoms in total. The van der Waals surface area contributed by atoms with Crippen molar-refractivity contribution in [2.75, 3.05) is 0 Å². The normalized spacial score (nSPS) is 11.6. The molecule has 0 aromatic carbocycles. The molecule has 2 heteroatoms. The van der Waals surface area contributed by atoms with Crippen molar-refractivity contribution in [2.24, 2.45) is 0 Å². The third-order valence-electron chi connectivity index (χ3n) is 11.7. The maximum absolute atomic E-state index is 4.84. The second-order valence-corrected chi connectivity index (χ2v) is 16.9. The number of hydrogen-bond donors (Lipinski definition) is 0. The molecule has 0 aliphatic rings. The van der Waals surface area contributed by atoms with Crippen LogP contribution in [0.4, 0.5) is 0 Å². The van der Waals surface area contributed by atoms with Crippen LogP contribution in [0, 0.1) is 6.42 Å². The van der Waals surface area contributed by atoms with Crippen LogP contribution in [-0.2, 0) is 12.8 Å². The van der Waals surface area contributed by atoms with Crippen LogP contribution in [0.1, 0.15) is 295 Å². The van der Waals surface area contributed by atoms with Gasteiger partial charge in [-0.15, -0.1) is 0 Å². The van der Waals surface area contributed by atoms with Crippen LogP contribution in [0.5, 0.6) is 0 Å². The lowest BCUT2D eigenvalue weighted by atomic mass is 10.0. The fraction of sp³-hybridized carbons (Fsp3) is 0.900. The highest BCUT2D eigenvalue weighted by Gasteiger charge is 2.05. The first kappa shape index (κ1) is 49.1. The molecule has 1 aromatic rings. The van der Waals surface area contributed by atoms with E-state index in [4.69, 9.17) is 9.97 Å². The van der Waals surface area contributed by atoms with Gasteiger partial charge in [0.2, 0.25) is 0 Å². The molecule has 0 saturated carbocycles. The summed E-state index contributed by atoms with van der Waals surface area (Å²) in [7, 11) is 0. The van der Waals surface area contributed by atoms with Crippen LogP contribution in [0.15, 0.2) is 6.07 Å². The second kappa shape index (κ2) is 41.2. The highest BCUT2D eigenvalue weighted by molar-refractivity contribution is 5.15. The first-order chi connectivity index (χ1) is 25.8. The highest BCUT2D eigenvalue weighted by Crippen LogP contribution is 2.18. The topological polar surface area (TPSA) is 25.8 Å². The van der Waals surface area contributed by atoms with Crippen molar-refractivity contribution in [3.05, 3.63) is 29.7 Å². The van der Waals surface area contributed by atoms with Gasteiger partial charge in [0.05, 0.1) is 0 Å². The summed E-state index contributed by atoms with van der Waals surface area (Å²) in [6.07, 6.45) is 61.8. The Morgan fingerprint density at radius 2 is 0.500 bits per heavy atom. The predicted octanol–water partition coefficient (Wildman–Crippen LogP) is 17.8. The third kappa shape index (κ3) is 34.8. The molecular formula is C50H95N2. The zero-order valence-corrected chi connectivity index (χ0v) is 36.2. The predicted molar refractivity (Wildman–Crippen MR) is 235 cm³/mol. The van der Waals surface area contributed by atoms with E-state index in [0.717, 1.165) is 18.7 Å². The molecule has 0 amide bonds. The Morgan fingerprint density at radius 1 is 0.308 bits per heavy atom. The summed E-state index contributed by atoms with van der Waals surface area (Å²) in [4.78, 5) is 9.68. The number of rotatable bonds is 43. The van der Waals surface area contributed by atoms with Gasteiger partial charge >= 0.3 is 0 Å². The maximum atomic E-state index is 4.84. The van der Waals surface area contributed by atoms with Gasteiger partial charge in [0.1, 0.15) is 5.82 Å². The molecule has 0 unspecified atom stereocenters. The third-order valence-corrected chi connectivity index (χ3v) is 11.7. The van der Waals surface area contributed by atoms with Crippen LogP contribution < -0.4 is 0 Å². The fourth-order valence-corrected chi connectivity index (χ4v) is 8.08. The quantitative estimate of drug-likeness (QED) is 0.0627. The Morgan fingerprint density at radius 3 is 0.692 bits per heavy atom. The van der Waals surface area contributed by atoms with Crippen molar-refractivity contribution in [3.8, 4) is 0 Å². The molecule has 1 aromatic heterocycles. The SMILES string of the molecule is C[CH]c1nc(CCCCCCCCCCCCCCCCCCCCCC)cc(CCCCCCCCCCCCCCCCCCCCCC)n1. The molecule has 0 atom stereocenters. The van der Waals surface area contributed by atoms with Gasteiger partial charge in [-0.3, -0.25) is 0 Å². The molecule has 1 rings (SSSR count). The van der Waals surface area contributed by atoms with Crippen molar-refractivity contribution in [2.45, 2.75) is 290 Å². The van der Waals surface area contributed by atoms with Crippen molar-refractivity contribution >= 4 is 0 Å². The van der Waals surface area contributed by atoms with Crippen LogP contribution in [0.2, 0.25) is 0 Å². The van der Waals surface area contributed by atoms with Gasteiger partial charge in [0.25, 0.3) is 0 Å². The molecule has 0 N–H and O–H groups in total. The molecular weight excluding hydrogens is 629 g/mol. The first-order valence-corrected chi connectivity index (χ1v) is 24.5. The molecule has 1 radical (unpaired) electrons. The van der Waals surface area contributed by atoms with Gasteiger partial charge < -0.3 is 0 Å². The lowest BCUT2D eigenvalue weighted by molar-refractivity contribution is 0.521. The molecule has 0 aliphatic carbocycles. The molecule has 305 valence electrons. The van der Waals surface area contributed by atoms with Gasteiger partial charge in [0, 0.05) is 17.8 Å². The van der Waals surface area contributed by atoms with Crippen LogP contribution in [0.3, 0.4) is 0 Å². The summed E-state index contributed by atoms with van der Waals surface area (Å²) in [6, 6.07) is 2.32. The van der Waals surface area contributed by atoms with E-state index in [-0.39, 0.29) is 0 Å². The number of nitrogens with zero attached hydrogens (tertiary/aromatic N) is 2. The lowest BCUT2D eigenvalue weighted by Crippen LogP contribution is -2.02. The molecule has 0 aliphatic heterocycles. The minimum Gasteiger partial charge on any atom is -0.238 e. The minimum atomic E-state index is 0.939. The van der Waals surface area contributed by atoms with E-state index in [1.54, 1.807) is 0 Å². The Labute approximate surface area is 329 Å². The second-order valence-electron chi connectivity index (χ2n) is 16.9. The monoisotopic (exact) mass is 724 g/mol. The summed E-state index contributed by atoms with van der Waals surface area (Å²) in [5.74, 6) is 0.939. The lowest BCUT2D eigenvalue weighted by Gasteiger charge is -2.08. The molecule has 52 heavy (non-hydrogen) atoms. The summed E-state index contributed by atoms with van der Waals surface area (Å²) < 4.78 is 0. The van der Waals surface area contributed by atoms with Crippen molar-refractivity contribution < 1.29 is 0 Å². The molecule has 0 fully saturated rings. The Balaban J connectivity index is 1.90. The molecule has 0 spiro atoms. The summed E-state index contributed by atoms with van der Waals surface area (Å²) >= 11 is 0. The summed E-state index contributed by atoms with van der Waals surface area (Å²) in [5, 5.41) is 0. The van der Waals surface area contributed by atoms with E-state index in [2.05, 4.69) is 33.3 Å². The maximum Gasteiger partial charge on any atom is 0.132 e. The van der Waals surface area contributed by atoms with Crippen LogP contribution in [0.25, 0.3) is 0 Å². The van der Waals surface area contributed by atoms with Crippen LogP contribution >= 0.6 is 0 Å². The van der Waals surface area contributed by atoms with Gasteiger partial charge in [-0.05, 0) is 31.7 Å². The van der Waals surface area contributed by atoms with E-state index in [9.17, 15) is 0 Å². The molecule has 0 saturated heterocycles. The fourth-order valence-electron chi connectivity index (χ4n) is 8.08. The Kier molecular flexibility index (Phi) is 38.9. The zero-order valence-electron chi connectivity index (χ0n) is 36.2. The Hall–Kier alpha value is -0.920. The van der Waals surface area contributed by atoms with Gasteiger partial charge in [-0.25, -0.2) is 9.97 Å². The van der Waals surface area contributed by atoms with Gasteiger partial charge in [-0.2, -0.15) is 0 Å². The average molecular weight is 724 g/mol. The van der Waals surface area contributed by atoms with Gasteiger partial charge in [-0.1, -0.05) is 265 Å². The average Bonchev–Trinajstić information content (AvgIpc) is 3.16. The zero-order chi connectivity index (χ0) is 37.3. The number of unbranched alkanes of at least 4 members (excludes halogenated alkanes) is 38. The first-order valence-electron chi connectivity index (χ1n) is 24.5. The summed E-state index contributed by atoms with van der Waals surface area (Å²) in [5.41, 5.74) is 2.54. The molecule has 1 heterocycles. The number of aromatic nitrogens is 2. The van der Waals surface area contributed by atoms with E-state index < -0.39 is 0 Å².